The quantitative estimate of drug-likeness (QED) is 0.0320. The number of amides is 1. The van der Waals surface area contributed by atoms with Crippen LogP contribution >= 0.6 is 0 Å². The molecule has 0 fully saturated rings. The zero-order valence-corrected chi connectivity index (χ0v) is 64.7. The predicted molar refractivity (Wildman–Crippen MR) is 421 cm³/mol. The van der Waals surface area contributed by atoms with Gasteiger partial charge in [-0.05, 0) is 64.2 Å². The third kappa shape index (κ3) is 80.9. The monoisotopic (exact) mass is 1330 g/mol. The second kappa shape index (κ2) is 84.5. The Balaban J connectivity index is 3.32. The van der Waals surface area contributed by atoms with Crippen LogP contribution < -0.4 is 5.32 Å². The molecule has 2 atom stereocenters. The van der Waals surface area contributed by atoms with E-state index in [4.69, 9.17) is 4.74 Å². The SMILES string of the molecule is CCCCC/C=C\C/C=C\CCCCCCCC(=O)OCCCCCCCCCCCCCCCCCCCCCCCCCCCCCCCCCCCCCCCCCC(=O)NC(CO)C(O)/C=C/CCCCCCCCCCCCCCCCCCCCCCCC. The van der Waals surface area contributed by atoms with Gasteiger partial charge >= 0.3 is 5.97 Å². The molecule has 0 radical (unpaired) electrons. The largest absolute Gasteiger partial charge is 0.466 e. The summed E-state index contributed by atoms with van der Waals surface area (Å²) in [6, 6.07) is -0.625. The van der Waals surface area contributed by atoms with Gasteiger partial charge in [0.1, 0.15) is 0 Å². The number of allylic oxidation sites excluding steroid dienone is 5. The lowest BCUT2D eigenvalue weighted by Gasteiger charge is -2.20. The van der Waals surface area contributed by atoms with Gasteiger partial charge in [-0.15, -0.1) is 0 Å². The van der Waals surface area contributed by atoms with Crippen LogP contribution in [0.5, 0.6) is 0 Å². The Hall–Kier alpha value is -1.92. The van der Waals surface area contributed by atoms with Crippen molar-refractivity contribution in [3.63, 3.8) is 0 Å². The molecule has 0 aliphatic carbocycles. The number of carbonyl (C=O) groups is 2. The molecule has 0 saturated heterocycles. The van der Waals surface area contributed by atoms with Crippen molar-refractivity contribution in [1.29, 1.82) is 0 Å². The molecule has 0 rings (SSSR count). The van der Waals surface area contributed by atoms with Crippen LogP contribution in [0.1, 0.15) is 495 Å². The molecule has 3 N–H and O–H groups in total. The Kier molecular flexibility index (Phi) is 82.8. The first-order valence-corrected chi connectivity index (χ1v) is 43.8. The summed E-state index contributed by atoms with van der Waals surface area (Å²) in [6.07, 6.45) is 112. The molecule has 0 aliphatic heterocycles. The van der Waals surface area contributed by atoms with Crippen LogP contribution in [0.25, 0.3) is 0 Å². The summed E-state index contributed by atoms with van der Waals surface area (Å²) in [5.74, 6) is -0.0456. The normalized spacial score (nSPS) is 12.6. The van der Waals surface area contributed by atoms with Crippen molar-refractivity contribution in [1.82, 2.24) is 5.32 Å². The van der Waals surface area contributed by atoms with E-state index in [1.807, 2.05) is 6.08 Å². The standard InChI is InChI=1S/C89H171NO5/c1-3-5-7-9-11-13-15-17-19-20-21-22-23-41-44-47-50-54-57-61-65-69-73-77-81-87(92)86(85-91)90-88(93)82-78-74-70-66-62-58-55-51-48-45-42-39-37-35-33-31-29-27-25-24-26-28-30-32-34-36-38-40-43-46-49-52-56-60-64-68-72-76-80-84-95-89(94)83-79-75-71-67-63-59-53-18-16-14-12-10-8-6-4-2/h12,14,18,53,77,81,86-87,91-92H,3-11,13,15-17,19-52,54-76,78-80,82-85H2,1-2H3,(H,90,93)/b14-12-,53-18-,81-77+. The van der Waals surface area contributed by atoms with Crippen molar-refractivity contribution in [2.45, 2.75) is 508 Å². The molecule has 562 valence electrons. The molecule has 0 aromatic rings. The van der Waals surface area contributed by atoms with Crippen molar-refractivity contribution in [2.75, 3.05) is 13.2 Å². The van der Waals surface area contributed by atoms with Crippen LogP contribution in [0.3, 0.4) is 0 Å². The molecule has 0 spiro atoms. The summed E-state index contributed by atoms with van der Waals surface area (Å²) in [5, 5.41) is 23.3. The average Bonchev–Trinajstić information content (AvgIpc) is 2.95. The number of esters is 1. The molecule has 0 aliphatic rings. The van der Waals surface area contributed by atoms with Gasteiger partial charge in [0.15, 0.2) is 0 Å². The second-order valence-electron chi connectivity index (χ2n) is 30.2. The molecule has 6 nitrogen and oxygen atoms in total. The molecular formula is C89H171NO5. The minimum absolute atomic E-state index is 0.0106. The van der Waals surface area contributed by atoms with E-state index in [0.29, 0.717) is 19.4 Å². The maximum Gasteiger partial charge on any atom is 0.305 e. The molecule has 95 heavy (non-hydrogen) atoms. The Labute approximate surface area is 595 Å². The molecule has 0 saturated carbocycles. The molecule has 0 bridgehead atoms. The highest BCUT2D eigenvalue weighted by atomic mass is 16.5. The van der Waals surface area contributed by atoms with Crippen LogP contribution in [-0.2, 0) is 14.3 Å². The van der Waals surface area contributed by atoms with Crippen LogP contribution in [0.4, 0.5) is 0 Å². The van der Waals surface area contributed by atoms with Gasteiger partial charge in [0.05, 0.1) is 25.4 Å². The van der Waals surface area contributed by atoms with E-state index >= 15 is 0 Å². The fraction of sp³-hybridized carbons (Fsp3) is 0.910. The van der Waals surface area contributed by atoms with E-state index in [1.54, 1.807) is 6.08 Å². The number of hydrogen-bond donors (Lipinski definition) is 3. The van der Waals surface area contributed by atoms with Crippen molar-refractivity contribution < 1.29 is 24.5 Å². The van der Waals surface area contributed by atoms with Gasteiger partial charge in [0.2, 0.25) is 5.91 Å². The third-order valence-corrected chi connectivity index (χ3v) is 20.7. The first-order valence-electron chi connectivity index (χ1n) is 43.8. The lowest BCUT2D eigenvalue weighted by atomic mass is 10.0. The molecule has 2 unspecified atom stereocenters. The van der Waals surface area contributed by atoms with Gasteiger partial charge in [0, 0.05) is 12.8 Å². The fourth-order valence-corrected chi connectivity index (χ4v) is 14.0. The van der Waals surface area contributed by atoms with E-state index in [0.717, 1.165) is 51.4 Å². The van der Waals surface area contributed by atoms with Crippen molar-refractivity contribution in [2.24, 2.45) is 0 Å². The summed E-state index contributed by atoms with van der Waals surface area (Å²) in [5.41, 5.74) is 0. The summed E-state index contributed by atoms with van der Waals surface area (Å²) >= 11 is 0. The molecular weight excluding hydrogens is 1160 g/mol. The number of hydrogen-bond acceptors (Lipinski definition) is 5. The Morgan fingerprint density at radius 1 is 0.295 bits per heavy atom. The number of nitrogens with one attached hydrogen (secondary N) is 1. The molecule has 6 heteroatoms. The maximum atomic E-state index is 12.6. The van der Waals surface area contributed by atoms with Crippen LogP contribution in [0.2, 0.25) is 0 Å². The summed E-state index contributed by atoms with van der Waals surface area (Å²) < 4.78 is 5.50. The van der Waals surface area contributed by atoms with Crippen LogP contribution in [0.15, 0.2) is 36.5 Å². The van der Waals surface area contributed by atoms with Gasteiger partial charge in [-0.3, -0.25) is 9.59 Å². The highest BCUT2D eigenvalue weighted by Gasteiger charge is 2.18. The second-order valence-corrected chi connectivity index (χ2v) is 30.2. The molecule has 0 heterocycles. The van der Waals surface area contributed by atoms with E-state index < -0.39 is 12.1 Å². The van der Waals surface area contributed by atoms with E-state index in [2.05, 4.69) is 43.5 Å². The molecule has 0 aromatic carbocycles. The summed E-state index contributed by atoms with van der Waals surface area (Å²) in [7, 11) is 0. The zero-order valence-electron chi connectivity index (χ0n) is 64.7. The molecule has 0 aromatic heterocycles. The summed E-state index contributed by atoms with van der Waals surface area (Å²) in [6.45, 7) is 4.93. The Morgan fingerprint density at radius 2 is 0.526 bits per heavy atom. The number of carbonyl (C=O) groups excluding carboxylic acids is 2. The topological polar surface area (TPSA) is 95.9 Å². The van der Waals surface area contributed by atoms with E-state index in [1.165, 1.54) is 417 Å². The third-order valence-electron chi connectivity index (χ3n) is 20.7. The highest BCUT2D eigenvalue weighted by Crippen LogP contribution is 2.21. The number of rotatable bonds is 83. The number of aliphatic hydroxyl groups excluding tert-OH is 2. The highest BCUT2D eigenvalue weighted by molar-refractivity contribution is 5.76. The van der Waals surface area contributed by atoms with Crippen LogP contribution in [0, 0.1) is 0 Å². The summed E-state index contributed by atoms with van der Waals surface area (Å²) in [4.78, 5) is 24.7. The number of unbranched alkanes of at least 4 members (excludes halogenated alkanes) is 68. The zero-order chi connectivity index (χ0) is 68.4. The minimum Gasteiger partial charge on any atom is -0.466 e. The van der Waals surface area contributed by atoms with Gasteiger partial charge < -0.3 is 20.3 Å². The predicted octanol–water partition coefficient (Wildman–Crippen LogP) is 29.3. The van der Waals surface area contributed by atoms with Crippen molar-refractivity contribution in [3.8, 4) is 0 Å². The van der Waals surface area contributed by atoms with Gasteiger partial charge in [-0.2, -0.15) is 0 Å². The first kappa shape index (κ1) is 93.1. The molecule has 1 amide bonds. The van der Waals surface area contributed by atoms with Crippen molar-refractivity contribution in [3.05, 3.63) is 36.5 Å². The Bertz CT molecular complexity index is 1540. The first-order chi connectivity index (χ1) is 47.0. The maximum absolute atomic E-state index is 12.6. The Morgan fingerprint density at radius 3 is 0.821 bits per heavy atom. The lowest BCUT2D eigenvalue weighted by Crippen LogP contribution is -2.45. The smallest absolute Gasteiger partial charge is 0.305 e. The van der Waals surface area contributed by atoms with E-state index in [9.17, 15) is 19.8 Å². The van der Waals surface area contributed by atoms with Gasteiger partial charge in [0.25, 0.3) is 0 Å². The number of aliphatic hydroxyl groups is 2. The van der Waals surface area contributed by atoms with E-state index in [-0.39, 0.29) is 18.5 Å². The van der Waals surface area contributed by atoms with Crippen LogP contribution in [-0.4, -0.2) is 47.4 Å². The van der Waals surface area contributed by atoms with Gasteiger partial charge in [-0.1, -0.05) is 455 Å². The fourth-order valence-electron chi connectivity index (χ4n) is 14.0. The van der Waals surface area contributed by atoms with Gasteiger partial charge in [-0.25, -0.2) is 0 Å². The van der Waals surface area contributed by atoms with Crippen molar-refractivity contribution >= 4 is 11.9 Å². The minimum atomic E-state index is -0.842. The number of ether oxygens (including phenoxy) is 1. The lowest BCUT2D eigenvalue weighted by molar-refractivity contribution is -0.143. The average molecular weight is 1340 g/mol.